The molecule has 2 N–H and O–H groups in total. The number of anilines is 1. The van der Waals surface area contributed by atoms with Crippen molar-refractivity contribution in [2.45, 2.75) is 46.5 Å². The molecule has 0 atom stereocenters. The van der Waals surface area contributed by atoms with Gasteiger partial charge >= 0.3 is 0 Å². The van der Waals surface area contributed by atoms with Gasteiger partial charge in [-0.15, -0.1) is 0 Å². The lowest BCUT2D eigenvalue weighted by Gasteiger charge is -2.19. The minimum Gasteiger partial charge on any atom is -0.463 e. The van der Waals surface area contributed by atoms with Gasteiger partial charge < -0.3 is 9.73 Å². The third-order valence-electron chi connectivity index (χ3n) is 5.50. The van der Waals surface area contributed by atoms with E-state index in [-0.39, 0.29) is 22.8 Å². The molecule has 1 amide bonds. The second kappa shape index (κ2) is 8.54. The molecule has 0 aliphatic rings. The number of benzene rings is 1. The Kier molecular flexibility index (Phi) is 5.76. The third kappa shape index (κ3) is 4.50. The Balaban J connectivity index is 1.73. The Morgan fingerprint density at radius 1 is 1.18 bits per heavy atom. The zero-order valence-electron chi connectivity index (χ0n) is 19.4. The minimum absolute atomic E-state index is 0.00831. The first-order valence-electron chi connectivity index (χ1n) is 10.8. The zero-order chi connectivity index (χ0) is 23.8. The molecule has 0 aliphatic carbocycles. The number of hydrogen-bond donors (Lipinski definition) is 2. The average molecular weight is 446 g/mol. The number of nitrogens with one attached hydrogen (secondary N) is 2. The highest BCUT2D eigenvalue weighted by atomic mass is 16.3. The number of hydrogen-bond acceptors (Lipinski definition) is 5. The van der Waals surface area contributed by atoms with Crippen LogP contribution in [0.3, 0.4) is 0 Å². The van der Waals surface area contributed by atoms with E-state index in [1.165, 1.54) is 4.68 Å². The number of nitrogens with zero attached hydrogens (tertiary/aromatic N) is 3. The van der Waals surface area contributed by atoms with Crippen LogP contribution in [0, 0.1) is 6.92 Å². The lowest BCUT2D eigenvalue weighted by atomic mass is 9.87. The Morgan fingerprint density at radius 3 is 2.48 bits per heavy atom. The number of H-pyrrole nitrogens is 1. The smallest absolute Gasteiger partial charge is 0.256 e. The predicted molar refractivity (Wildman–Crippen MR) is 127 cm³/mol. The molecule has 4 aromatic rings. The zero-order valence-corrected chi connectivity index (χ0v) is 19.4. The van der Waals surface area contributed by atoms with Crippen LogP contribution in [0.25, 0.3) is 17.4 Å². The van der Waals surface area contributed by atoms with Crippen LogP contribution in [-0.2, 0) is 11.8 Å². The first-order valence-corrected chi connectivity index (χ1v) is 10.8. The van der Waals surface area contributed by atoms with Gasteiger partial charge in [0.2, 0.25) is 5.95 Å². The number of aromatic nitrogens is 4. The fraction of sp³-hybridized carbons (Fsp3) is 0.280. The van der Waals surface area contributed by atoms with Crippen LogP contribution in [0.5, 0.6) is 0 Å². The van der Waals surface area contributed by atoms with Gasteiger partial charge in [-0.2, -0.15) is 9.78 Å². The maximum absolute atomic E-state index is 13.0. The number of furan rings is 1. The Labute approximate surface area is 191 Å². The fourth-order valence-electron chi connectivity index (χ4n) is 3.60. The molecule has 8 nitrogen and oxygen atoms in total. The highest BCUT2D eigenvalue weighted by Crippen LogP contribution is 2.25. The van der Waals surface area contributed by atoms with E-state index in [1.54, 1.807) is 43.5 Å². The maximum Gasteiger partial charge on any atom is 0.256 e. The summed E-state index contributed by atoms with van der Waals surface area (Å²) in [7, 11) is 0. The van der Waals surface area contributed by atoms with Crippen LogP contribution >= 0.6 is 0 Å². The lowest BCUT2D eigenvalue weighted by Crippen LogP contribution is -2.22. The van der Waals surface area contributed by atoms with E-state index in [4.69, 9.17) is 4.42 Å². The van der Waals surface area contributed by atoms with Gasteiger partial charge in [0, 0.05) is 22.9 Å². The molecule has 0 spiro atoms. The van der Waals surface area contributed by atoms with Crippen molar-refractivity contribution >= 4 is 11.7 Å². The fourth-order valence-corrected chi connectivity index (χ4v) is 3.60. The van der Waals surface area contributed by atoms with Crippen molar-refractivity contribution in [3.05, 3.63) is 81.5 Å². The molecule has 170 valence electrons. The van der Waals surface area contributed by atoms with Gasteiger partial charge in [-0.1, -0.05) is 39.8 Å². The van der Waals surface area contributed by atoms with Gasteiger partial charge in [-0.25, -0.2) is 4.98 Å². The highest BCUT2D eigenvalue weighted by molar-refractivity contribution is 6.04. The van der Waals surface area contributed by atoms with Gasteiger partial charge in [0.25, 0.3) is 11.5 Å². The molecule has 0 radical (unpaired) electrons. The summed E-state index contributed by atoms with van der Waals surface area (Å²) < 4.78 is 6.87. The first kappa shape index (κ1) is 22.3. The van der Waals surface area contributed by atoms with Crippen LogP contribution < -0.4 is 10.9 Å². The largest absolute Gasteiger partial charge is 0.463 e. The van der Waals surface area contributed by atoms with Gasteiger partial charge in [0.05, 0.1) is 6.26 Å². The van der Waals surface area contributed by atoms with Crippen LogP contribution in [-0.4, -0.2) is 25.7 Å². The summed E-state index contributed by atoms with van der Waals surface area (Å²) in [5.74, 6) is 0.805. The maximum atomic E-state index is 13.0. The molecule has 0 aliphatic heterocycles. The lowest BCUT2D eigenvalue weighted by molar-refractivity contribution is 0.102. The van der Waals surface area contributed by atoms with Crippen molar-refractivity contribution in [2.75, 3.05) is 5.32 Å². The molecule has 0 unspecified atom stereocenters. The van der Waals surface area contributed by atoms with E-state index < -0.39 is 0 Å². The molecule has 1 aromatic carbocycles. The topological polar surface area (TPSA) is 106 Å². The quantitative estimate of drug-likeness (QED) is 0.466. The van der Waals surface area contributed by atoms with Crippen molar-refractivity contribution in [1.29, 1.82) is 0 Å². The van der Waals surface area contributed by atoms with E-state index in [2.05, 4.69) is 41.2 Å². The molecule has 3 aromatic heterocycles. The molecule has 0 bridgehead atoms. The van der Waals surface area contributed by atoms with E-state index in [1.807, 2.05) is 19.1 Å². The summed E-state index contributed by atoms with van der Waals surface area (Å²) in [6.45, 7) is 10.0. The van der Waals surface area contributed by atoms with Crippen molar-refractivity contribution < 1.29 is 9.21 Å². The standard InChI is InChI=1S/C25H27N5O3/c1-6-18-15(2)26-24(28-23(18)32)30-21(14-19(29-30)20-8-7-13-33-20)27-22(31)16-9-11-17(12-10-16)25(3,4)5/h7-14H,6H2,1-5H3,(H,27,31)(H,26,28,32). The summed E-state index contributed by atoms with van der Waals surface area (Å²) in [6, 6.07) is 12.7. The van der Waals surface area contributed by atoms with Crippen molar-refractivity contribution in [2.24, 2.45) is 0 Å². The summed E-state index contributed by atoms with van der Waals surface area (Å²) in [5.41, 5.74) is 3.13. The molecule has 0 saturated heterocycles. The summed E-state index contributed by atoms with van der Waals surface area (Å²) >= 11 is 0. The number of rotatable bonds is 5. The predicted octanol–water partition coefficient (Wildman–Crippen LogP) is 4.64. The molecule has 8 heteroatoms. The van der Waals surface area contributed by atoms with Gasteiger partial charge in [0.1, 0.15) is 11.5 Å². The monoisotopic (exact) mass is 445 g/mol. The van der Waals surface area contributed by atoms with E-state index in [0.717, 1.165) is 5.56 Å². The highest BCUT2D eigenvalue weighted by Gasteiger charge is 2.19. The van der Waals surface area contributed by atoms with Crippen molar-refractivity contribution in [1.82, 2.24) is 19.7 Å². The second-order valence-electron chi connectivity index (χ2n) is 8.89. The first-order chi connectivity index (χ1) is 15.7. The van der Waals surface area contributed by atoms with Crippen LogP contribution in [0.2, 0.25) is 0 Å². The normalized spacial score (nSPS) is 11.5. The number of amides is 1. The van der Waals surface area contributed by atoms with E-state index in [0.29, 0.717) is 40.5 Å². The number of aromatic amines is 1. The molecule has 33 heavy (non-hydrogen) atoms. The van der Waals surface area contributed by atoms with Crippen molar-refractivity contribution in [3.8, 4) is 17.4 Å². The van der Waals surface area contributed by atoms with Gasteiger partial charge in [0.15, 0.2) is 5.76 Å². The van der Waals surface area contributed by atoms with Gasteiger partial charge in [-0.3, -0.25) is 14.6 Å². The molecule has 3 heterocycles. The average Bonchev–Trinajstić information content (AvgIpc) is 3.43. The molecule has 4 rings (SSSR count). The number of carbonyl (C=O) groups is 1. The van der Waals surface area contributed by atoms with Crippen LogP contribution in [0.15, 0.2) is 57.9 Å². The van der Waals surface area contributed by atoms with Crippen LogP contribution in [0.4, 0.5) is 5.82 Å². The SMILES string of the molecule is CCc1c(C)nc(-n2nc(-c3ccco3)cc2NC(=O)c2ccc(C(C)(C)C)cc2)[nH]c1=O. The number of carbonyl (C=O) groups excluding carboxylic acids is 1. The third-order valence-corrected chi connectivity index (χ3v) is 5.50. The molecule has 0 saturated carbocycles. The minimum atomic E-state index is -0.299. The Hall–Kier alpha value is -3.94. The van der Waals surface area contributed by atoms with Crippen molar-refractivity contribution in [3.63, 3.8) is 0 Å². The Morgan fingerprint density at radius 2 is 1.91 bits per heavy atom. The van der Waals surface area contributed by atoms with Crippen LogP contribution in [0.1, 0.15) is 54.9 Å². The summed E-state index contributed by atoms with van der Waals surface area (Å²) in [5, 5.41) is 7.42. The second-order valence-corrected chi connectivity index (χ2v) is 8.89. The summed E-state index contributed by atoms with van der Waals surface area (Å²) in [6.07, 6.45) is 2.11. The molecular formula is C25H27N5O3. The van der Waals surface area contributed by atoms with E-state index in [9.17, 15) is 9.59 Å². The Bertz CT molecular complexity index is 1340. The summed E-state index contributed by atoms with van der Waals surface area (Å²) in [4.78, 5) is 32.8. The van der Waals surface area contributed by atoms with Gasteiger partial charge in [-0.05, 0) is 48.6 Å². The number of aryl methyl sites for hydroxylation is 1. The van der Waals surface area contributed by atoms with E-state index >= 15 is 0 Å². The molecule has 0 fully saturated rings. The molecular weight excluding hydrogens is 418 g/mol.